The number of halogens is 2. The number of nitrogens with zero attached hydrogens (tertiary/aromatic N) is 1. The summed E-state index contributed by atoms with van der Waals surface area (Å²) in [6, 6.07) is 21.1. The molecule has 0 radical (unpaired) electrons. The van der Waals surface area contributed by atoms with Gasteiger partial charge in [0.25, 0.3) is 11.8 Å². The van der Waals surface area contributed by atoms with E-state index in [2.05, 4.69) is 5.43 Å². The lowest BCUT2D eigenvalue weighted by molar-refractivity contribution is -0.140. The fourth-order valence-corrected chi connectivity index (χ4v) is 3.28. The maximum absolute atomic E-state index is 13.3. The summed E-state index contributed by atoms with van der Waals surface area (Å²) in [7, 11) is 0. The van der Waals surface area contributed by atoms with Crippen LogP contribution in [0.15, 0.2) is 78.9 Å². The van der Waals surface area contributed by atoms with Gasteiger partial charge in [0.05, 0.1) is 0 Å². The predicted octanol–water partition coefficient (Wildman–Crippen LogP) is 4.42. The van der Waals surface area contributed by atoms with Crippen molar-refractivity contribution in [1.82, 2.24) is 10.4 Å². The number of benzene rings is 3. The summed E-state index contributed by atoms with van der Waals surface area (Å²) in [6.07, 6.45) is 0. The largest absolute Gasteiger partial charge is 0.372 e. The van der Waals surface area contributed by atoms with Gasteiger partial charge in [-0.3, -0.25) is 20.0 Å². The molecule has 0 atom stereocenters. The third kappa shape index (κ3) is 4.49. The van der Waals surface area contributed by atoms with E-state index in [1.165, 1.54) is 0 Å². The number of hydrogen-bond acceptors (Lipinski definition) is 3. The SMILES string of the molecule is CCN(NC(=O)C(O)(c1ccc(Cl)cc1)c1ccc(Cl)cc1)C(=O)c1ccccc1. The van der Waals surface area contributed by atoms with Crippen LogP contribution in [0.25, 0.3) is 0 Å². The van der Waals surface area contributed by atoms with Crippen LogP contribution < -0.4 is 5.43 Å². The topological polar surface area (TPSA) is 69.6 Å². The van der Waals surface area contributed by atoms with E-state index < -0.39 is 11.5 Å². The molecule has 0 aromatic heterocycles. The van der Waals surface area contributed by atoms with E-state index in [9.17, 15) is 14.7 Å². The second-order valence-electron chi connectivity index (χ2n) is 6.58. The van der Waals surface area contributed by atoms with Crippen molar-refractivity contribution in [3.8, 4) is 0 Å². The molecular weight excluding hydrogens is 423 g/mol. The van der Waals surface area contributed by atoms with Crippen molar-refractivity contribution < 1.29 is 14.7 Å². The molecule has 3 aromatic carbocycles. The van der Waals surface area contributed by atoms with Gasteiger partial charge in [-0.15, -0.1) is 0 Å². The van der Waals surface area contributed by atoms with Gasteiger partial charge >= 0.3 is 0 Å². The Labute approximate surface area is 184 Å². The number of carbonyl (C=O) groups is 2. The molecule has 0 saturated heterocycles. The number of hydrogen-bond donors (Lipinski definition) is 2. The summed E-state index contributed by atoms with van der Waals surface area (Å²) < 4.78 is 0. The predicted molar refractivity (Wildman–Crippen MR) is 117 cm³/mol. The Morgan fingerprint density at radius 1 is 0.867 bits per heavy atom. The molecule has 7 heteroatoms. The lowest BCUT2D eigenvalue weighted by atomic mass is 9.85. The molecule has 3 aromatic rings. The van der Waals surface area contributed by atoms with Crippen LogP contribution in [-0.2, 0) is 10.4 Å². The maximum atomic E-state index is 13.3. The van der Waals surface area contributed by atoms with Gasteiger partial charge in [-0.05, 0) is 54.4 Å². The average Bonchev–Trinajstić information content (AvgIpc) is 2.77. The fourth-order valence-electron chi connectivity index (χ4n) is 3.02. The van der Waals surface area contributed by atoms with Crippen molar-refractivity contribution in [3.05, 3.63) is 106 Å². The Morgan fingerprint density at radius 3 is 1.77 bits per heavy atom. The number of carbonyl (C=O) groups excluding carboxylic acids is 2. The second kappa shape index (κ2) is 9.30. The van der Waals surface area contributed by atoms with E-state index in [-0.39, 0.29) is 12.5 Å². The molecule has 3 rings (SSSR count). The Balaban J connectivity index is 1.98. The maximum Gasteiger partial charge on any atom is 0.279 e. The van der Waals surface area contributed by atoms with Crippen molar-refractivity contribution in [2.75, 3.05) is 6.54 Å². The Kier molecular flexibility index (Phi) is 6.77. The number of aliphatic hydroxyl groups is 1. The highest BCUT2D eigenvalue weighted by atomic mass is 35.5. The molecule has 0 aliphatic rings. The van der Waals surface area contributed by atoms with Crippen molar-refractivity contribution in [2.24, 2.45) is 0 Å². The van der Waals surface area contributed by atoms with Crippen LogP contribution in [-0.4, -0.2) is 28.5 Å². The monoisotopic (exact) mass is 442 g/mol. The molecule has 2 amide bonds. The van der Waals surface area contributed by atoms with Crippen LogP contribution in [0, 0.1) is 0 Å². The van der Waals surface area contributed by atoms with Gasteiger partial charge in [0.15, 0.2) is 5.60 Å². The molecule has 0 unspecified atom stereocenters. The van der Waals surface area contributed by atoms with Gasteiger partial charge in [0.1, 0.15) is 0 Å². The minimum Gasteiger partial charge on any atom is -0.372 e. The van der Waals surface area contributed by atoms with Crippen molar-refractivity contribution >= 4 is 35.0 Å². The summed E-state index contributed by atoms with van der Waals surface area (Å²) in [6.45, 7) is 1.93. The van der Waals surface area contributed by atoms with Crippen LogP contribution in [0.5, 0.6) is 0 Å². The second-order valence-corrected chi connectivity index (χ2v) is 7.45. The lowest BCUT2D eigenvalue weighted by Crippen LogP contribution is -2.54. The van der Waals surface area contributed by atoms with Gasteiger partial charge in [-0.25, -0.2) is 0 Å². The molecular formula is C23H20Cl2N2O3. The van der Waals surface area contributed by atoms with E-state index in [4.69, 9.17) is 23.2 Å². The highest BCUT2D eigenvalue weighted by Gasteiger charge is 2.41. The normalized spacial score (nSPS) is 11.1. The molecule has 2 N–H and O–H groups in total. The zero-order valence-electron chi connectivity index (χ0n) is 16.2. The van der Waals surface area contributed by atoms with Gasteiger partial charge in [-0.2, -0.15) is 0 Å². The number of nitrogens with one attached hydrogen (secondary N) is 1. The quantitative estimate of drug-likeness (QED) is 0.574. The minimum atomic E-state index is -2.07. The first-order valence-corrected chi connectivity index (χ1v) is 10.0. The molecule has 0 fully saturated rings. The van der Waals surface area contributed by atoms with E-state index in [1.807, 2.05) is 0 Å². The van der Waals surface area contributed by atoms with Crippen LogP contribution >= 0.6 is 23.2 Å². The first kappa shape index (κ1) is 21.8. The lowest BCUT2D eigenvalue weighted by Gasteiger charge is -2.31. The summed E-state index contributed by atoms with van der Waals surface area (Å²) in [4.78, 5) is 26.1. The van der Waals surface area contributed by atoms with Crippen molar-refractivity contribution in [1.29, 1.82) is 0 Å². The van der Waals surface area contributed by atoms with Crippen LogP contribution in [0.4, 0.5) is 0 Å². The number of amides is 2. The Bertz CT molecular complexity index is 977. The molecule has 0 aliphatic carbocycles. The Morgan fingerprint density at radius 2 is 1.33 bits per heavy atom. The summed E-state index contributed by atoms with van der Waals surface area (Å²) >= 11 is 11.9. The molecule has 0 bridgehead atoms. The first-order valence-electron chi connectivity index (χ1n) is 9.28. The molecule has 154 valence electrons. The van der Waals surface area contributed by atoms with Gasteiger partial charge in [0, 0.05) is 22.2 Å². The van der Waals surface area contributed by atoms with Crippen LogP contribution in [0.3, 0.4) is 0 Å². The fraction of sp³-hybridized carbons (Fsp3) is 0.130. The molecule has 0 aliphatic heterocycles. The summed E-state index contributed by atoms with van der Waals surface area (Å²) in [5.41, 5.74) is 1.51. The molecule has 0 saturated carbocycles. The third-order valence-corrected chi connectivity index (χ3v) is 5.18. The summed E-state index contributed by atoms with van der Waals surface area (Å²) in [5, 5.41) is 13.7. The van der Waals surface area contributed by atoms with Gasteiger partial charge in [0.2, 0.25) is 0 Å². The summed E-state index contributed by atoms with van der Waals surface area (Å²) in [5.74, 6) is -1.17. The van der Waals surface area contributed by atoms with Crippen LogP contribution in [0.2, 0.25) is 10.0 Å². The third-order valence-electron chi connectivity index (χ3n) is 4.67. The van der Waals surface area contributed by atoms with E-state index in [1.54, 1.807) is 85.8 Å². The Hall–Kier alpha value is -2.86. The number of rotatable bonds is 5. The van der Waals surface area contributed by atoms with Crippen molar-refractivity contribution in [3.63, 3.8) is 0 Å². The molecule has 0 heterocycles. The zero-order chi connectivity index (χ0) is 21.7. The molecule has 0 spiro atoms. The molecule has 5 nitrogen and oxygen atoms in total. The van der Waals surface area contributed by atoms with E-state index >= 15 is 0 Å². The molecule has 30 heavy (non-hydrogen) atoms. The van der Waals surface area contributed by atoms with E-state index in [0.29, 0.717) is 26.7 Å². The van der Waals surface area contributed by atoms with Crippen LogP contribution in [0.1, 0.15) is 28.4 Å². The highest BCUT2D eigenvalue weighted by molar-refractivity contribution is 6.30. The van der Waals surface area contributed by atoms with Gasteiger partial charge in [-0.1, -0.05) is 65.7 Å². The average molecular weight is 443 g/mol. The minimum absolute atomic E-state index is 0.205. The standard InChI is InChI=1S/C23H20Cl2N2O3/c1-2-27(21(28)16-6-4-3-5-7-16)26-22(29)23(30,17-8-12-19(24)13-9-17)18-10-14-20(25)15-11-18/h3-15,30H,2H2,1H3,(H,26,29). The van der Waals surface area contributed by atoms with Crippen molar-refractivity contribution in [2.45, 2.75) is 12.5 Å². The highest BCUT2D eigenvalue weighted by Crippen LogP contribution is 2.32. The smallest absolute Gasteiger partial charge is 0.279 e. The zero-order valence-corrected chi connectivity index (χ0v) is 17.7. The van der Waals surface area contributed by atoms with E-state index in [0.717, 1.165) is 5.01 Å². The first-order chi connectivity index (χ1) is 14.4. The number of hydrazine groups is 1. The van der Waals surface area contributed by atoms with Gasteiger partial charge < -0.3 is 5.11 Å².